The quantitative estimate of drug-likeness (QED) is 0.767. The summed E-state index contributed by atoms with van der Waals surface area (Å²) in [6.07, 6.45) is 0. The van der Waals surface area contributed by atoms with Crippen molar-refractivity contribution in [1.29, 1.82) is 0 Å². The lowest BCUT2D eigenvalue weighted by molar-refractivity contribution is 0.306. The molecule has 0 unspecified atom stereocenters. The molecule has 4 nitrogen and oxygen atoms in total. The summed E-state index contributed by atoms with van der Waals surface area (Å²) in [6, 6.07) is 10.2. The second kappa shape index (κ2) is 4.99. The number of benzene rings is 1. The SMILES string of the molecule is CCOc1nnc(CCl)n1-c1ccccc1. The lowest BCUT2D eigenvalue weighted by Gasteiger charge is -2.08. The van der Waals surface area contributed by atoms with Gasteiger partial charge in [0, 0.05) is 0 Å². The number of rotatable bonds is 4. The van der Waals surface area contributed by atoms with Crippen LogP contribution in [0.2, 0.25) is 0 Å². The van der Waals surface area contributed by atoms with Crippen LogP contribution in [0.3, 0.4) is 0 Å². The summed E-state index contributed by atoms with van der Waals surface area (Å²) in [5, 5.41) is 7.95. The van der Waals surface area contributed by atoms with Gasteiger partial charge in [-0.1, -0.05) is 23.3 Å². The molecule has 0 aliphatic heterocycles. The zero-order valence-electron chi connectivity index (χ0n) is 8.93. The Morgan fingerprint density at radius 1 is 1.25 bits per heavy atom. The number of hydrogen-bond donors (Lipinski definition) is 0. The number of hydrogen-bond acceptors (Lipinski definition) is 3. The van der Waals surface area contributed by atoms with Crippen LogP contribution in [-0.4, -0.2) is 21.4 Å². The summed E-state index contributed by atoms with van der Waals surface area (Å²) >= 11 is 5.82. The normalized spacial score (nSPS) is 10.4. The minimum Gasteiger partial charge on any atom is -0.464 e. The lowest BCUT2D eigenvalue weighted by atomic mass is 10.3. The van der Waals surface area contributed by atoms with Crippen molar-refractivity contribution >= 4 is 11.6 Å². The van der Waals surface area contributed by atoms with Crippen molar-refractivity contribution in [3.63, 3.8) is 0 Å². The molecular formula is C11H12ClN3O. The molecule has 1 aromatic carbocycles. The second-order valence-electron chi connectivity index (χ2n) is 3.14. The van der Waals surface area contributed by atoms with Gasteiger partial charge in [0.1, 0.15) is 0 Å². The van der Waals surface area contributed by atoms with Gasteiger partial charge in [-0.2, -0.15) is 0 Å². The Bertz CT molecular complexity index is 456. The van der Waals surface area contributed by atoms with Gasteiger partial charge in [0.2, 0.25) is 0 Å². The fraction of sp³-hybridized carbons (Fsp3) is 0.273. The van der Waals surface area contributed by atoms with Crippen molar-refractivity contribution in [2.75, 3.05) is 6.61 Å². The summed E-state index contributed by atoms with van der Waals surface area (Å²) in [5.41, 5.74) is 0.951. The van der Waals surface area contributed by atoms with Crippen LogP contribution in [-0.2, 0) is 5.88 Å². The molecule has 0 N–H and O–H groups in total. The molecule has 0 spiro atoms. The molecule has 84 valence electrons. The largest absolute Gasteiger partial charge is 0.464 e. The Hall–Kier alpha value is -1.55. The van der Waals surface area contributed by atoms with E-state index in [0.29, 0.717) is 24.3 Å². The molecular weight excluding hydrogens is 226 g/mol. The van der Waals surface area contributed by atoms with Crippen molar-refractivity contribution in [3.05, 3.63) is 36.2 Å². The Labute approximate surface area is 98.8 Å². The highest BCUT2D eigenvalue weighted by molar-refractivity contribution is 6.16. The van der Waals surface area contributed by atoms with Crippen LogP contribution in [0.5, 0.6) is 6.01 Å². The smallest absolute Gasteiger partial charge is 0.321 e. The fourth-order valence-electron chi connectivity index (χ4n) is 1.45. The van der Waals surface area contributed by atoms with E-state index in [9.17, 15) is 0 Å². The van der Waals surface area contributed by atoms with E-state index in [1.54, 1.807) is 0 Å². The third-order valence-electron chi connectivity index (χ3n) is 2.11. The molecule has 0 saturated heterocycles. The highest BCUT2D eigenvalue weighted by Crippen LogP contribution is 2.19. The molecule has 1 heterocycles. The summed E-state index contributed by atoms with van der Waals surface area (Å²) < 4.78 is 7.22. The van der Waals surface area contributed by atoms with E-state index in [4.69, 9.17) is 16.3 Å². The van der Waals surface area contributed by atoms with Gasteiger partial charge in [-0.25, -0.2) is 4.57 Å². The van der Waals surface area contributed by atoms with Crippen molar-refractivity contribution in [2.45, 2.75) is 12.8 Å². The van der Waals surface area contributed by atoms with E-state index >= 15 is 0 Å². The Morgan fingerprint density at radius 3 is 2.62 bits per heavy atom. The maximum atomic E-state index is 5.82. The maximum absolute atomic E-state index is 5.82. The predicted octanol–water partition coefficient (Wildman–Crippen LogP) is 2.40. The van der Waals surface area contributed by atoms with Crippen molar-refractivity contribution in [1.82, 2.24) is 14.8 Å². The van der Waals surface area contributed by atoms with Gasteiger partial charge in [0.15, 0.2) is 5.82 Å². The van der Waals surface area contributed by atoms with Crippen LogP contribution in [0.25, 0.3) is 5.69 Å². The van der Waals surface area contributed by atoms with E-state index in [1.165, 1.54) is 0 Å². The Morgan fingerprint density at radius 2 is 2.00 bits per heavy atom. The summed E-state index contributed by atoms with van der Waals surface area (Å²) in [6.45, 7) is 2.46. The minimum absolute atomic E-state index is 0.301. The first-order valence-corrected chi connectivity index (χ1v) is 5.58. The monoisotopic (exact) mass is 237 g/mol. The first kappa shape index (κ1) is 11.0. The molecule has 0 aliphatic rings. The van der Waals surface area contributed by atoms with E-state index < -0.39 is 0 Å². The highest BCUT2D eigenvalue weighted by atomic mass is 35.5. The molecule has 1 aromatic heterocycles. The number of nitrogens with zero attached hydrogens (tertiary/aromatic N) is 3. The molecule has 0 aliphatic carbocycles. The van der Waals surface area contributed by atoms with Crippen molar-refractivity contribution in [3.8, 4) is 11.7 Å². The average molecular weight is 238 g/mol. The van der Waals surface area contributed by atoms with Gasteiger partial charge < -0.3 is 4.74 Å². The molecule has 16 heavy (non-hydrogen) atoms. The van der Waals surface area contributed by atoms with E-state index in [2.05, 4.69) is 10.2 Å². The van der Waals surface area contributed by atoms with Gasteiger partial charge in [-0.15, -0.1) is 16.7 Å². The third kappa shape index (κ3) is 2.02. The zero-order chi connectivity index (χ0) is 11.4. The maximum Gasteiger partial charge on any atom is 0.321 e. The Balaban J connectivity index is 2.48. The zero-order valence-corrected chi connectivity index (χ0v) is 9.68. The first-order valence-electron chi connectivity index (χ1n) is 5.05. The molecule has 0 bridgehead atoms. The molecule has 0 radical (unpaired) electrons. The van der Waals surface area contributed by atoms with Crippen LogP contribution in [0, 0.1) is 0 Å². The number of aromatic nitrogens is 3. The fourth-order valence-corrected chi connectivity index (χ4v) is 1.62. The summed E-state index contributed by atoms with van der Waals surface area (Å²) in [4.78, 5) is 0. The van der Waals surface area contributed by atoms with Gasteiger partial charge in [0.05, 0.1) is 18.2 Å². The third-order valence-corrected chi connectivity index (χ3v) is 2.35. The summed E-state index contributed by atoms with van der Waals surface area (Å²) in [5.74, 6) is 0.978. The first-order chi connectivity index (χ1) is 7.86. The van der Waals surface area contributed by atoms with Gasteiger partial charge in [-0.3, -0.25) is 0 Å². The summed E-state index contributed by atoms with van der Waals surface area (Å²) in [7, 11) is 0. The van der Waals surface area contributed by atoms with E-state index in [1.807, 2.05) is 41.8 Å². The van der Waals surface area contributed by atoms with Crippen LogP contribution in [0.4, 0.5) is 0 Å². The highest BCUT2D eigenvalue weighted by Gasteiger charge is 2.13. The molecule has 5 heteroatoms. The standard InChI is InChI=1S/C11H12ClN3O/c1-2-16-11-14-13-10(8-12)15(11)9-6-4-3-5-7-9/h3-7H,2,8H2,1H3. The van der Waals surface area contributed by atoms with Crippen LogP contribution in [0.1, 0.15) is 12.7 Å². The molecule has 0 amide bonds. The number of para-hydroxylation sites is 1. The van der Waals surface area contributed by atoms with E-state index in [0.717, 1.165) is 5.69 Å². The second-order valence-corrected chi connectivity index (χ2v) is 3.40. The molecule has 2 aromatic rings. The lowest BCUT2D eigenvalue weighted by Crippen LogP contribution is -2.04. The van der Waals surface area contributed by atoms with Crippen LogP contribution >= 0.6 is 11.6 Å². The van der Waals surface area contributed by atoms with Gasteiger partial charge >= 0.3 is 6.01 Å². The predicted molar refractivity (Wildman–Crippen MR) is 62.1 cm³/mol. The Kier molecular flexibility index (Phi) is 3.41. The number of alkyl halides is 1. The number of ether oxygens (including phenoxy) is 1. The average Bonchev–Trinajstić information content (AvgIpc) is 2.74. The molecule has 0 saturated carbocycles. The van der Waals surface area contributed by atoms with Crippen LogP contribution < -0.4 is 4.74 Å². The van der Waals surface area contributed by atoms with Gasteiger partial charge in [-0.05, 0) is 19.1 Å². The number of halogens is 1. The topological polar surface area (TPSA) is 39.9 Å². The minimum atomic E-state index is 0.301. The van der Waals surface area contributed by atoms with Crippen LogP contribution in [0.15, 0.2) is 30.3 Å². The molecule has 0 fully saturated rings. The van der Waals surface area contributed by atoms with Gasteiger partial charge in [0.25, 0.3) is 0 Å². The molecule has 2 rings (SSSR count). The van der Waals surface area contributed by atoms with Crippen molar-refractivity contribution < 1.29 is 4.74 Å². The molecule has 0 atom stereocenters. The van der Waals surface area contributed by atoms with E-state index in [-0.39, 0.29) is 0 Å². The van der Waals surface area contributed by atoms with Crippen molar-refractivity contribution in [2.24, 2.45) is 0 Å².